The molecule has 2 N–H and O–H groups in total. The monoisotopic (exact) mass is 503 g/mol. The fourth-order valence-corrected chi connectivity index (χ4v) is 3.52. The first kappa shape index (κ1) is 23.6. The highest BCUT2D eigenvalue weighted by molar-refractivity contribution is 14.0. The Morgan fingerprint density at radius 2 is 1.93 bits per heavy atom. The quantitative estimate of drug-likeness (QED) is 0.342. The molecule has 0 radical (unpaired) electrons. The summed E-state index contributed by atoms with van der Waals surface area (Å²) >= 11 is 0. The molecular formula is C20H27FIN3OS. The highest BCUT2D eigenvalue weighted by Gasteiger charge is 2.10. The number of guanidine groups is 1. The van der Waals surface area contributed by atoms with Gasteiger partial charge in [0.2, 0.25) is 0 Å². The number of aryl methyl sites for hydroxylation is 1. The normalized spacial score (nSPS) is 13.4. The van der Waals surface area contributed by atoms with Crippen LogP contribution in [0.2, 0.25) is 0 Å². The van der Waals surface area contributed by atoms with E-state index < -0.39 is 10.8 Å². The summed E-state index contributed by atoms with van der Waals surface area (Å²) in [5.74, 6) is 1.47. The molecule has 0 fully saturated rings. The minimum absolute atomic E-state index is 0. The first-order chi connectivity index (χ1) is 12.5. The number of nitrogens with zero attached hydrogens (tertiary/aromatic N) is 1. The maximum Gasteiger partial charge on any atom is 0.191 e. The SMILES string of the molecule is CN=C(NCCS(=O)Cc1ccccc1)NC(C)c1ccc(C)c(F)c1.I. The van der Waals surface area contributed by atoms with E-state index in [0.29, 0.717) is 29.6 Å². The van der Waals surface area contributed by atoms with Crippen molar-refractivity contribution in [1.29, 1.82) is 0 Å². The smallest absolute Gasteiger partial charge is 0.191 e. The molecule has 2 aromatic rings. The van der Waals surface area contributed by atoms with Crippen molar-refractivity contribution in [2.24, 2.45) is 4.99 Å². The van der Waals surface area contributed by atoms with Gasteiger partial charge in [0, 0.05) is 35.9 Å². The first-order valence-corrected chi connectivity index (χ1v) is 10.1. The number of hydrogen-bond acceptors (Lipinski definition) is 2. The van der Waals surface area contributed by atoms with Gasteiger partial charge in [-0.15, -0.1) is 24.0 Å². The van der Waals surface area contributed by atoms with Crippen molar-refractivity contribution in [3.8, 4) is 0 Å². The van der Waals surface area contributed by atoms with Crippen LogP contribution in [0.3, 0.4) is 0 Å². The molecule has 2 rings (SSSR count). The number of rotatable bonds is 7. The predicted octanol–water partition coefficient (Wildman–Crippen LogP) is 3.93. The Kier molecular flexibility index (Phi) is 10.5. The number of halogens is 2. The van der Waals surface area contributed by atoms with Gasteiger partial charge in [0.25, 0.3) is 0 Å². The molecular weight excluding hydrogens is 476 g/mol. The molecule has 27 heavy (non-hydrogen) atoms. The third-order valence-electron chi connectivity index (χ3n) is 4.07. The lowest BCUT2D eigenvalue weighted by molar-refractivity contribution is 0.607. The molecule has 0 heterocycles. The second kappa shape index (κ2) is 12.1. The molecule has 7 heteroatoms. The van der Waals surface area contributed by atoms with E-state index in [1.807, 2.05) is 43.3 Å². The highest BCUT2D eigenvalue weighted by Crippen LogP contribution is 2.16. The topological polar surface area (TPSA) is 53.5 Å². The summed E-state index contributed by atoms with van der Waals surface area (Å²) in [6, 6.07) is 14.9. The molecule has 2 unspecified atom stereocenters. The highest BCUT2D eigenvalue weighted by atomic mass is 127. The lowest BCUT2D eigenvalue weighted by atomic mass is 10.1. The molecule has 0 aromatic heterocycles. The summed E-state index contributed by atoms with van der Waals surface area (Å²) in [4.78, 5) is 4.18. The van der Waals surface area contributed by atoms with E-state index in [1.54, 1.807) is 20.0 Å². The average Bonchev–Trinajstić information content (AvgIpc) is 2.63. The maximum absolute atomic E-state index is 13.7. The number of benzene rings is 2. The summed E-state index contributed by atoms with van der Waals surface area (Å²) in [5.41, 5.74) is 2.55. The molecule has 2 aromatic carbocycles. The first-order valence-electron chi connectivity index (χ1n) is 8.61. The van der Waals surface area contributed by atoms with Gasteiger partial charge in [0.05, 0.1) is 6.04 Å². The van der Waals surface area contributed by atoms with E-state index in [4.69, 9.17) is 0 Å². The lowest BCUT2D eigenvalue weighted by Crippen LogP contribution is -2.40. The van der Waals surface area contributed by atoms with Crippen molar-refractivity contribution < 1.29 is 8.60 Å². The summed E-state index contributed by atoms with van der Waals surface area (Å²) < 4.78 is 25.9. The van der Waals surface area contributed by atoms with Crippen molar-refractivity contribution in [1.82, 2.24) is 10.6 Å². The standard InChI is InChI=1S/C20H26FN3OS.HI/c1-15-9-10-18(13-19(15)21)16(2)24-20(22-3)23-11-12-26(25)14-17-7-5-4-6-8-17;/h4-10,13,16H,11-12,14H2,1-3H3,(H2,22,23,24);1H. The van der Waals surface area contributed by atoms with E-state index in [-0.39, 0.29) is 35.8 Å². The van der Waals surface area contributed by atoms with Gasteiger partial charge in [-0.25, -0.2) is 4.39 Å². The summed E-state index contributed by atoms with van der Waals surface area (Å²) in [6.07, 6.45) is 0. The van der Waals surface area contributed by atoms with Crippen LogP contribution in [0.1, 0.15) is 29.7 Å². The molecule has 0 bridgehead atoms. The predicted molar refractivity (Wildman–Crippen MR) is 123 cm³/mol. The van der Waals surface area contributed by atoms with Crippen LogP contribution in [-0.4, -0.2) is 29.5 Å². The molecule has 0 saturated heterocycles. The van der Waals surface area contributed by atoms with Gasteiger partial charge in [-0.2, -0.15) is 0 Å². The van der Waals surface area contributed by atoms with Crippen LogP contribution < -0.4 is 10.6 Å². The zero-order chi connectivity index (χ0) is 18.9. The molecule has 4 nitrogen and oxygen atoms in total. The number of nitrogens with one attached hydrogen (secondary N) is 2. The molecule has 0 saturated carbocycles. The Labute approximate surface area is 180 Å². The fourth-order valence-electron chi connectivity index (χ4n) is 2.48. The van der Waals surface area contributed by atoms with Gasteiger partial charge in [-0.1, -0.05) is 42.5 Å². The Morgan fingerprint density at radius 3 is 2.56 bits per heavy atom. The van der Waals surface area contributed by atoms with Crippen LogP contribution in [0.5, 0.6) is 0 Å². The number of hydrogen-bond donors (Lipinski definition) is 2. The Bertz CT molecular complexity index is 771. The molecule has 0 spiro atoms. The summed E-state index contributed by atoms with van der Waals surface area (Å²) in [7, 11) is 0.741. The van der Waals surface area contributed by atoms with E-state index in [0.717, 1.165) is 11.1 Å². The van der Waals surface area contributed by atoms with Crippen LogP contribution in [0.25, 0.3) is 0 Å². The third-order valence-corrected chi connectivity index (χ3v) is 5.38. The van der Waals surface area contributed by atoms with Crippen LogP contribution in [-0.2, 0) is 16.6 Å². The van der Waals surface area contributed by atoms with Crippen LogP contribution in [0, 0.1) is 12.7 Å². The van der Waals surface area contributed by atoms with Gasteiger partial charge in [-0.05, 0) is 36.6 Å². The summed E-state index contributed by atoms with van der Waals surface area (Å²) in [5, 5.41) is 6.39. The van der Waals surface area contributed by atoms with Crippen molar-refractivity contribution in [3.63, 3.8) is 0 Å². The molecule has 0 amide bonds. The second-order valence-corrected chi connectivity index (χ2v) is 7.72. The van der Waals surface area contributed by atoms with Gasteiger partial charge in [0.15, 0.2) is 5.96 Å². The molecule has 2 atom stereocenters. The van der Waals surface area contributed by atoms with E-state index >= 15 is 0 Å². The van der Waals surface area contributed by atoms with Gasteiger partial charge < -0.3 is 10.6 Å². The van der Waals surface area contributed by atoms with Gasteiger partial charge in [0.1, 0.15) is 5.82 Å². The zero-order valence-corrected chi connectivity index (χ0v) is 19.0. The van der Waals surface area contributed by atoms with E-state index in [1.165, 1.54) is 6.07 Å². The van der Waals surface area contributed by atoms with Crippen molar-refractivity contribution >= 4 is 40.7 Å². The Hall–Kier alpha value is -1.48. The van der Waals surface area contributed by atoms with Crippen molar-refractivity contribution in [2.75, 3.05) is 19.3 Å². The van der Waals surface area contributed by atoms with Crippen molar-refractivity contribution in [2.45, 2.75) is 25.6 Å². The number of aliphatic imine (C=N–C) groups is 1. The maximum atomic E-state index is 13.7. The Morgan fingerprint density at radius 1 is 1.22 bits per heavy atom. The zero-order valence-electron chi connectivity index (χ0n) is 15.9. The summed E-state index contributed by atoms with van der Waals surface area (Å²) in [6.45, 7) is 4.24. The molecule has 0 aliphatic heterocycles. The molecule has 0 aliphatic rings. The van der Waals surface area contributed by atoms with Gasteiger partial charge in [-0.3, -0.25) is 9.20 Å². The van der Waals surface area contributed by atoms with E-state index in [9.17, 15) is 8.60 Å². The molecule has 148 valence electrons. The van der Waals surface area contributed by atoms with Crippen LogP contribution in [0.4, 0.5) is 4.39 Å². The molecule has 0 aliphatic carbocycles. The minimum Gasteiger partial charge on any atom is -0.355 e. The fraction of sp³-hybridized carbons (Fsp3) is 0.350. The van der Waals surface area contributed by atoms with Crippen molar-refractivity contribution in [3.05, 3.63) is 71.0 Å². The third kappa shape index (κ3) is 7.96. The van der Waals surface area contributed by atoms with Crippen LogP contribution >= 0.6 is 24.0 Å². The second-order valence-electron chi connectivity index (χ2n) is 6.15. The lowest BCUT2D eigenvalue weighted by Gasteiger charge is -2.18. The Balaban J connectivity index is 0.00000364. The largest absolute Gasteiger partial charge is 0.355 e. The van der Waals surface area contributed by atoms with E-state index in [2.05, 4.69) is 15.6 Å². The minimum atomic E-state index is -0.939. The average molecular weight is 503 g/mol. The van der Waals surface area contributed by atoms with Crippen LogP contribution in [0.15, 0.2) is 53.5 Å². The van der Waals surface area contributed by atoms with Gasteiger partial charge >= 0.3 is 0 Å².